The molecule has 5 nitrogen and oxygen atoms in total. The summed E-state index contributed by atoms with van der Waals surface area (Å²) in [6, 6.07) is 20.2. The van der Waals surface area contributed by atoms with E-state index in [0.717, 1.165) is 17.0 Å². The lowest BCUT2D eigenvalue weighted by Crippen LogP contribution is -2.50. The van der Waals surface area contributed by atoms with Gasteiger partial charge in [-0.3, -0.25) is 0 Å². The van der Waals surface area contributed by atoms with Crippen LogP contribution in [-0.4, -0.2) is 26.4 Å². The molecule has 1 amide bonds. The molecule has 2 heterocycles. The number of rotatable bonds is 4. The van der Waals surface area contributed by atoms with Crippen molar-refractivity contribution in [2.45, 2.75) is 19.9 Å². The van der Waals surface area contributed by atoms with Gasteiger partial charge in [0, 0.05) is 31.3 Å². The molecule has 1 aliphatic rings. The van der Waals surface area contributed by atoms with Crippen LogP contribution < -0.4 is 0 Å². The van der Waals surface area contributed by atoms with Crippen LogP contribution >= 0.6 is 0 Å². The second-order valence-electron chi connectivity index (χ2n) is 6.70. The number of benzene rings is 2. The first-order chi connectivity index (χ1) is 13.2. The van der Waals surface area contributed by atoms with Gasteiger partial charge in [-0.2, -0.15) is 4.48 Å². The maximum absolute atomic E-state index is 13.4. The Labute approximate surface area is 158 Å². The standard InChI is InChI=1S/C22H21N4O/c1-18-21(14-19-8-4-2-5-9-19)24-17-26(18,15-20-10-6-3-7-11-20)22(27)25-13-12-23-16-25/h2-13,16-17H,14-15H2,1H3/q+1. The van der Waals surface area contributed by atoms with Crippen LogP contribution in [0.15, 0.2) is 95.8 Å². The number of hydrogen-bond acceptors (Lipinski definition) is 3. The molecule has 1 unspecified atom stereocenters. The first kappa shape index (κ1) is 17.1. The van der Waals surface area contributed by atoms with Crippen LogP contribution in [0.2, 0.25) is 0 Å². The van der Waals surface area contributed by atoms with Crippen molar-refractivity contribution in [3.63, 3.8) is 0 Å². The normalized spacial score (nSPS) is 18.9. The largest absolute Gasteiger partial charge is 0.439 e. The lowest BCUT2D eigenvalue weighted by atomic mass is 10.1. The maximum Gasteiger partial charge on any atom is 0.439 e. The molecule has 134 valence electrons. The number of hydrogen-bond donors (Lipinski definition) is 0. The van der Waals surface area contributed by atoms with E-state index in [4.69, 9.17) is 0 Å². The Hall–Kier alpha value is -3.31. The van der Waals surface area contributed by atoms with E-state index in [0.29, 0.717) is 13.0 Å². The number of aromatic nitrogens is 2. The average Bonchev–Trinajstić information content (AvgIpc) is 3.34. The molecule has 3 aromatic rings. The number of aliphatic imine (C=N–C) groups is 1. The first-order valence-corrected chi connectivity index (χ1v) is 8.93. The summed E-state index contributed by atoms with van der Waals surface area (Å²) in [5.41, 5.74) is 4.14. The zero-order valence-electron chi connectivity index (χ0n) is 15.2. The highest BCUT2D eigenvalue weighted by Crippen LogP contribution is 2.32. The molecule has 4 rings (SSSR count). The molecular weight excluding hydrogens is 336 g/mol. The van der Waals surface area contributed by atoms with Crippen molar-refractivity contribution < 1.29 is 9.28 Å². The molecule has 0 aliphatic carbocycles. The molecule has 0 spiro atoms. The Morgan fingerprint density at radius 3 is 2.30 bits per heavy atom. The predicted molar refractivity (Wildman–Crippen MR) is 105 cm³/mol. The van der Waals surface area contributed by atoms with Crippen molar-refractivity contribution in [3.05, 3.63) is 102 Å². The molecule has 1 atom stereocenters. The van der Waals surface area contributed by atoms with E-state index in [1.54, 1.807) is 25.1 Å². The van der Waals surface area contributed by atoms with Gasteiger partial charge >= 0.3 is 6.03 Å². The molecule has 0 fully saturated rings. The Bertz CT molecular complexity index is 991. The molecule has 0 saturated carbocycles. The molecule has 0 radical (unpaired) electrons. The van der Waals surface area contributed by atoms with Crippen LogP contribution in [0.3, 0.4) is 0 Å². The summed E-state index contributed by atoms with van der Waals surface area (Å²) >= 11 is 0. The minimum atomic E-state index is -0.0827. The summed E-state index contributed by atoms with van der Waals surface area (Å²) in [6.45, 7) is 2.52. The predicted octanol–water partition coefficient (Wildman–Crippen LogP) is 4.38. The van der Waals surface area contributed by atoms with E-state index >= 15 is 0 Å². The zero-order valence-corrected chi connectivity index (χ0v) is 15.2. The van der Waals surface area contributed by atoms with E-state index < -0.39 is 0 Å². The highest BCUT2D eigenvalue weighted by atomic mass is 16.2. The highest BCUT2D eigenvalue weighted by molar-refractivity contribution is 5.81. The lowest BCUT2D eigenvalue weighted by molar-refractivity contribution is -0.722. The van der Waals surface area contributed by atoms with Crippen molar-refractivity contribution in [1.29, 1.82) is 0 Å². The second-order valence-corrected chi connectivity index (χ2v) is 6.70. The number of quaternary nitrogens is 1. The number of carbonyl (C=O) groups excluding carboxylic acids is 1. The van der Waals surface area contributed by atoms with Crippen LogP contribution in [0.4, 0.5) is 4.79 Å². The smallest absolute Gasteiger partial charge is 0.245 e. The fraction of sp³-hybridized carbons (Fsp3) is 0.136. The van der Waals surface area contributed by atoms with Gasteiger partial charge in [-0.05, 0) is 5.56 Å². The van der Waals surface area contributed by atoms with Crippen LogP contribution in [0.5, 0.6) is 0 Å². The average molecular weight is 357 g/mol. The van der Waals surface area contributed by atoms with Gasteiger partial charge in [0.1, 0.15) is 24.3 Å². The van der Waals surface area contributed by atoms with Crippen LogP contribution in [0, 0.1) is 0 Å². The molecular formula is C22H21N4O+. The number of nitrogens with zero attached hydrogens (tertiary/aromatic N) is 4. The SMILES string of the molecule is CC1=C(Cc2ccccc2)N=C[N+]1(Cc1ccccc1)C(=O)n1ccnc1. The van der Waals surface area contributed by atoms with Crippen LogP contribution in [-0.2, 0) is 13.0 Å². The maximum atomic E-state index is 13.4. The Morgan fingerprint density at radius 1 is 1.00 bits per heavy atom. The quantitative estimate of drug-likeness (QED) is 0.651. The van der Waals surface area contributed by atoms with E-state index in [2.05, 4.69) is 22.1 Å². The number of imidazole rings is 1. The highest BCUT2D eigenvalue weighted by Gasteiger charge is 2.44. The molecule has 0 saturated heterocycles. The van der Waals surface area contributed by atoms with Gasteiger partial charge < -0.3 is 0 Å². The lowest BCUT2D eigenvalue weighted by Gasteiger charge is -2.28. The van der Waals surface area contributed by atoms with Crippen molar-refractivity contribution in [2.75, 3.05) is 0 Å². The van der Waals surface area contributed by atoms with Crippen LogP contribution in [0.25, 0.3) is 0 Å². The summed E-state index contributed by atoms with van der Waals surface area (Å²) in [6.07, 6.45) is 7.32. The number of amides is 1. The number of carbonyl (C=O) groups is 1. The third-order valence-corrected chi connectivity index (χ3v) is 4.98. The van der Waals surface area contributed by atoms with E-state index in [1.165, 1.54) is 10.1 Å². The van der Waals surface area contributed by atoms with Gasteiger partial charge in [0.15, 0.2) is 0 Å². The van der Waals surface area contributed by atoms with E-state index in [9.17, 15) is 4.79 Å². The second kappa shape index (κ2) is 7.13. The molecule has 0 bridgehead atoms. The van der Waals surface area contributed by atoms with E-state index in [-0.39, 0.29) is 10.5 Å². The van der Waals surface area contributed by atoms with Crippen molar-refractivity contribution in [1.82, 2.24) is 9.55 Å². The molecule has 0 N–H and O–H groups in total. The molecule has 1 aromatic heterocycles. The summed E-state index contributed by atoms with van der Waals surface area (Å²) in [4.78, 5) is 22.1. The summed E-state index contributed by atoms with van der Waals surface area (Å²) in [5, 5.41) is 0. The van der Waals surface area contributed by atoms with Gasteiger partial charge in [-0.1, -0.05) is 60.7 Å². The Morgan fingerprint density at radius 2 is 1.67 bits per heavy atom. The van der Waals surface area contributed by atoms with Crippen molar-refractivity contribution >= 4 is 12.4 Å². The molecule has 5 heteroatoms. The minimum Gasteiger partial charge on any atom is -0.245 e. The monoisotopic (exact) mass is 357 g/mol. The third kappa shape index (κ3) is 3.25. The van der Waals surface area contributed by atoms with Gasteiger partial charge in [0.05, 0.1) is 0 Å². The molecule has 2 aromatic carbocycles. The van der Waals surface area contributed by atoms with Gasteiger partial charge in [-0.15, -0.1) is 0 Å². The fourth-order valence-electron chi connectivity index (χ4n) is 3.41. The van der Waals surface area contributed by atoms with Crippen molar-refractivity contribution in [2.24, 2.45) is 4.99 Å². The molecule has 1 aliphatic heterocycles. The summed E-state index contributed by atoms with van der Waals surface area (Å²) in [7, 11) is 0. The Kier molecular flexibility index (Phi) is 4.52. The van der Waals surface area contributed by atoms with Gasteiger partial charge in [-0.25, -0.2) is 19.3 Å². The fourth-order valence-corrected chi connectivity index (χ4v) is 3.41. The zero-order chi connectivity index (χ0) is 18.7. The molecule has 27 heavy (non-hydrogen) atoms. The summed E-state index contributed by atoms with van der Waals surface area (Å²) < 4.78 is 1.58. The third-order valence-electron chi connectivity index (χ3n) is 4.98. The topological polar surface area (TPSA) is 47.2 Å². The Balaban J connectivity index is 1.74. The number of allylic oxidation sites excluding steroid dienone is 2. The van der Waals surface area contributed by atoms with Crippen molar-refractivity contribution in [3.8, 4) is 0 Å². The minimum absolute atomic E-state index is 0.0442. The first-order valence-electron chi connectivity index (χ1n) is 8.93. The van der Waals surface area contributed by atoms with Gasteiger partial charge in [0.2, 0.25) is 6.34 Å². The van der Waals surface area contributed by atoms with Crippen LogP contribution in [0.1, 0.15) is 18.1 Å². The summed E-state index contributed by atoms with van der Waals surface area (Å²) in [5.74, 6) is 0. The van der Waals surface area contributed by atoms with E-state index in [1.807, 2.05) is 55.5 Å². The van der Waals surface area contributed by atoms with Gasteiger partial charge in [0.25, 0.3) is 0 Å².